The predicted molar refractivity (Wildman–Crippen MR) is 93.4 cm³/mol. The van der Waals surface area contributed by atoms with E-state index in [0.717, 1.165) is 5.56 Å². The average Bonchev–Trinajstić information content (AvgIpc) is 2.62. The zero-order valence-corrected chi connectivity index (χ0v) is 14.5. The Morgan fingerprint density at radius 2 is 1.88 bits per heavy atom. The van der Waals surface area contributed by atoms with Gasteiger partial charge in [0.25, 0.3) is 5.91 Å². The van der Waals surface area contributed by atoms with Crippen LogP contribution in [0.2, 0.25) is 0 Å². The van der Waals surface area contributed by atoms with Crippen LogP contribution in [0.15, 0.2) is 42.7 Å². The van der Waals surface area contributed by atoms with Gasteiger partial charge in [0, 0.05) is 36.6 Å². The van der Waals surface area contributed by atoms with E-state index < -0.39 is 0 Å². The number of carbonyl (C=O) groups is 1. The Balaban J connectivity index is 2.18. The lowest BCUT2D eigenvalue weighted by Gasteiger charge is -2.19. The first-order valence-corrected chi connectivity index (χ1v) is 8.27. The van der Waals surface area contributed by atoms with E-state index in [1.165, 1.54) is 0 Å². The fourth-order valence-corrected chi connectivity index (χ4v) is 2.37. The van der Waals surface area contributed by atoms with Gasteiger partial charge in [0.2, 0.25) is 0 Å². The van der Waals surface area contributed by atoms with Gasteiger partial charge in [-0.05, 0) is 45.0 Å². The van der Waals surface area contributed by atoms with E-state index in [4.69, 9.17) is 9.47 Å². The zero-order valence-electron chi connectivity index (χ0n) is 14.5. The fraction of sp³-hybridized carbons (Fsp3) is 0.368. The lowest BCUT2D eigenvalue weighted by molar-refractivity contribution is 0.0772. The predicted octanol–water partition coefficient (Wildman–Crippen LogP) is 3.54. The summed E-state index contributed by atoms with van der Waals surface area (Å²) in [6, 6.07) is 9.14. The van der Waals surface area contributed by atoms with Crippen molar-refractivity contribution in [2.75, 3.05) is 19.7 Å². The van der Waals surface area contributed by atoms with E-state index in [9.17, 15) is 4.79 Å². The molecule has 0 aliphatic rings. The number of carbonyl (C=O) groups excluding carboxylic acids is 1. The number of amides is 1. The van der Waals surface area contributed by atoms with Crippen LogP contribution in [0.25, 0.3) is 0 Å². The van der Waals surface area contributed by atoms with Crippen LogP contribution in [0.5, 0.6) is 11.5 Å². The first kappa shape index (κ1) is 17.8. The number of hydrogen-bond acceptors (Lipinski definition) is 4. The monoisotopic (exact) mass is 328 g/mol. The Bertz CT molecular complexity index is 655. The Hall–Kier alpha value is -2.56. The summed E-state index contributed by atoms with van der Waals surface area (Å²) in [5.74, 6) is 1.20. The van der Waals surface area contributed by atoms with Gasteiger partial charge >= 0.3 is 0 Å². The molecule has 0 spiro atoms. The number of rotatable bonds is 8. The summed E-state index contributed by atoms with van der Waals surface area (Å²) in [6.07, 6.45) is 3.49. The SMILES string of the molecule is CCOc1cc(C(=O)N(CC)CC)ccc1OCc1cccnc1. The van der Waals surface area contributed by atoms with Gasteiger partial charge < -0.3 is 14.4 Å². The summed E-state index contributed by atoms with van der Waals surface area (Å²) in [5.41, 5.74) is 1.58. The van der Waals surface area contributed by atoms with Gasteiger partial charge in [0.05, 0.1) is 6.61 Å². The number of nitrogens with zero attached hydrogens (tertiary/aromatic N) is 2. The molecule has 1 aromatic carbocycles. The fourth-order valence-electron chi connectivity index (χ4n) is 2.37. The number of aromatic nitrogens is 1. The van der Waals surface area contributed by atoms with Gasteiger partial charge in [-0.15, -0.1) is 0 Å². The smallest absolute Gasteiger partial charge is 0.253 e. The number of pyridine rings is 1. The van der Waals surface area contributed by atoms with Gasteiger partial charge in [0.1, 0.15) is 6.61 Å². The second-order valence-electron chi connectivity index (χ2n) is 5.22. The Morgan fingerprint density at radius 3 is 2.50 bits per heavy atom. The van der Waals surface area contributed by atoms with Gasteiger partial charge in [-0.2, -0.15) is 0 Å². The van der Waals surface area contributed by atoms with Crippen LogP contribution in [0.1, 0.15) is 36.7 Å². The zero-order chi connectivity index (χ0) is 17.4. The number of ether oxygens (including phenoxy) is 2. The third kappa shape index (κ3) is 4.47. The highest BCUT2D eigenvalue weighted by Crippen LogP contribution is 2.29. The molecule has 0 atom stereocenters. The van der Waals surface area contributed by atoms with Gasteiger partial charge in [-0.25, -0.2) is 0 Å². The molecule has 128 valence electrons. The summed E-state index contributed by atoms with van der Waals surface area (Å²) >= 11 is 0. The summed E-state index contributed by atoms with van der Waals surface area (Å²) < 4.78 is 11.5. The molecule has 0 aliphatic carbocycles. The molecular weight excluding hydrogens is 304 g/mol. The molecule has 1 heterocycles. The van der Waals surface area contributed by atoms with Crippen molar-refractivity contribution in [3.8, 4) is 11.5 Å². The lowest BCUT2D eigenvalue weighted by Crippen LogP contribution is -2.30. The second-order valence-corrected chi connectivity index (χ2v) is 5.22. The van der Waals surface area contributed by atoms with E-state index in [1.54, 1.807) is 35.5 Å². The molecule has 0 N–H and O–H groups in total. The summed E-state index contributed by atoms with van der Waals surface area (Å²) in [5, 5.41) is 0. The van der Waals surface area contributed by atoms with E-state index in [2.05, 4.69) is 4.98 Å². The molecule has 2 aromatic rings. The molecule has 2 rings (SSSR count). The van der Waals surface area contributed by atoms with Crippen molar-refractivity contribution < 1.29 is 14.3 Å². The molecule has 5 nitrogen and oxygen atoms in total. The first-order chi connectivity index (χ1) is 11.7. The molecule has 5 heteroatoms. The van der Waals surface area contributed by atoms with Crippen molar-refractivity contribution in [1.29, 1.82) is 0 Å². The normalized spacial score (nSPS) is 10.3. The van der Waals surface area contributed by atoms with Gasteiger partial charge in [-0.3, -0.25) is 9.78 Å². The maximum absolute atomic E-state index is 12.5. The largest absolute Gasteiger partial charge is 0.490 e. The molecule has 24 heavy (non-hydrogen) atoms. The average molecular weight is 328 g/mol. The molecule has 1 aromatic heterocycles. The molecule has 0 bridgehead atoms. The van der Waals surface area contributed by atoms with Crippen molar-refractivity contribution in [2.24, 2.45) is 0 Å². The van der Waals surface area contributed by atoms with Gasteiger partial charge in [-0.1, -0.05) is 6.07 Å². The summed E-state index contributed by atoms with van der Waals surface area (Å²) in [6.45, 7) is 8.11. The molecular formula is C19H24N2O3. The van der Waals surface area contributed by atoms with Crippen LogP contribution in [-0.2, 0) is 6.61 Å². The van der Waals surface area contributed by atoms with Crippen LogP contribution >= 0.6 is 0 Å². The van der Waals surface area contributed by atoms with E-state index in [1.807, 2.05) is 32.9 Å². The van der Waals surface area contributed by atoms with Crippen molar-refractivity contribution in [3.63, 3.8) is 0 Å². The molecule has 0 unspecified atom stereocenters. The molecule has 0 radical (unpaired) electrons. The highest BCUT2D eigenvalue weighted by atomic mass is 16.5. The number of hydrogen-bond donors (Lipinski definition) is 0. The van der Waals surface area contributed by atoms with Crippen molar-refractivity contribution >= 4 is 5.91 Å². The first-order valence-electron chi connectivity index (χ1n) is 8.27. The van der Waals surface area contributed by atoms with Crippen molar-refractivity contribution in [1.82, 2.24) is 9.88 Å². The summed E-state index contributed by atoms with van der Waals surface area (Å²) in [4.78, 5) is 18.3. The third-order valence-corrected chi connectivity index (χ3v) is 3.66. The quantitative estimate of drug-likeness (QED) is 0.744. The molecule has 1 amide bonds. The van der Waals surface area contributed by atoms with Crippen LogP contribution in [-0.4, -0.2) is 35.5 Å². The maximum Gasteiger partial charge on any atom is 0.253 e. The topological polar surface area (TPSA) is 51.7 Å². The molecule has 0 saturated carbocycles. The highest BCUT2D eigenvalue weighted by Gasteiger charge is 2.15. The van der Waals surface area contributed by atoms with Gasteiger partial charge in [0.15, 0.2) is 11.5 Å². The van der Waals surface area contributed by atoms with Crippen molar-refractivity contribution in [2.45, 2.75) is 27.4 Å². The molecule has 0 fully saturated rings. The Kier molecular flexibility index (Phi) is 6.61. The second kappa shape index (κ2) is 8.91. The third-order valence-electron chi connectivity index (χ3n) is 3.66. The molecule has 0 aliphatic heterocycles. The minimum Gasteiger partial charge on any atom is -0.490 e. The van der Waals surface area contributed by atoms with Crippen LogP contribution in [0.3, 0.4) is 0 Å². The molecule has 0 saturated heterocycles. The van der Waals surface area contributed by atoms with Crippen molar-refractivity contribution in [3.05, 3.63) is 53.9 Å². The number of benzene rings is 1. The minimum absolute atomic E-state index is 0.000220. The van der Waals surface area contributed by atoms with Crippen LogP contribution in [0, 0.1) is 0 Å². The summed E-state index contributed by atoms with van der Waals surface area (Å²) in [7, 11) is 0. The Morgan fingerprint density at radius 1 is 1.08 bits per heavy atom. The van der Waals surface area contributed by atoms with E-state index >= 15 is 0 Å². The minimum atomic E-state index is -0.000220. The lowest BCUT2D eigenvalue weighted by atomic mass is 10.1. The van der Waals surface area contributed by atoms with E-state index in [0.29, 0.717) is 43.4 Å². The maximum atomic E-state index is 12.5. The Labute approximate surface area is 143 Å². The standard InChI is InChI=1S/C19H24N2O3/c1-4-21(5-2)19(22)16-9-10-17(18(12-16)23-6-3)24-14-15-8-7-11-20-13-15/h7-13H,4-6,14H2,1-3H3. The van der Waals surface area contributed by atoms with Crippen LogP contribution < -0.4 is 9.47 Å². The highest BCUT2D eigenvalue weighted by molar-refractivity contribution is 5.94. The van der Waals surface area contributed by atoms with Crippen LogP contribution in [0.4, 0.5) is 0 Å². The van der Waals surface area contributed by atoms with E-state index in [-0.39, 0.29) is 5.91 Å².